The van der Waals surface area contributed by atoms with Crippen molar-refractivity contribution in [1.82, 2.24) is 4.98 Å². The summed E-state index contributed by atoms with van der Waals surface area (Å²) < 4.78 is 13.3. The van der Waals surface area contributed by atoms with Crippen LogP contribution in [0.4, 0.5) is 10.1 Å². The number of rotatable bonds is 5. The van der Waals surface area contributed by atoms with Gasteiger partial charge in [0.25, 0.3) is 0 Å². The first kappa shape index (κ1) is 12.8. The molecule has 0 aliphatic heterocycles. The first-order chi connectivity index (χ1) is 8.74. The Labute approximate surface area is 107 Å². The maximum Gasteiger partial charge on any atom is 0.125 e. The standard InChI is InChI=1S/C15H19FN2/c1-3-5-12-10-14(17-8-4-2)13-7-6-11(16)9-15(13)18-12/h6-7,9-10H,3-5,8H2,1-2H3,(H,17,18). The zero-order valence-corrected chi connectivity index (χ0v) is 11.0. The molecule has 1 aromatic carbocycles. The Morgan fingerprint density at radius 3 is 2.72 bits per heavy atom. The molecule has 0 aliphatic carbocycles. The van der Waals surface area contributed by atoms with Crippen molar-refractivity contribution < 1.29 is 4.39 Å². The van der Waals surface area contributed by atoms with Gasteiger partial charge in [-0.2, -0.15) is 0 Å². The van der Waals surface area contributed by atoms with Gasteiger partial charge in [-0.3, -0.25) is 4.98 Å². The molecule has 1 heterocycles. The number of fused-ring (bicyclic) bond motifs is 1. The van der Waals surface area contributed by atoms with Crippen LogP contribution in [0.25, 0.3) is 10.9 Å². The smallest absolute Gasteiger partial charge is 0.125 e. The number of anilines is 1. The molecular formula is C15H19FN2. The minimum absolute atomic E-state index is 0.231. The molecule has 0 aliphatic rings. The van der Waals surface area contributed by atoms with E-state index in [-0.39, 0.29) is 5.82 Å². The number of hydrogen-bond donors (Lipinski definition) is 1. The van der Waals surface area contributed by atoms with Crippen molar-refractivity contribution in [2.24, 2.45) is 0 Å². The molecule has 0 radical (unpaired) electrons. The Morgan fingerprint density at radius 1 is 1.17 bits per heavy atom. The molecular weight excluding hydrogens is 227 g/mol. The number of benzene rings is 1. The highest BCUT2D eigenvalue weighted by Gasteiger charge is 2.06. The van der Waals surface area contributed by atoms with Gasteiger partial charge in [-0.25, -0.2) is 4.39 Å². The average Bonchev–Trinajstić information content (AvgIpc) is 2.35. The van der Waals surface area contributed by atoms with Gasteiger partial charge in [-0.15, -0.1) is 0 Å². The first-order valence-corrected chi connectivity index (χ1v) is 6.57. The van der Waals surface area contributed by atoms with E-state index in [1.807, 2.05) is 0 Å². The molecule has 18 heavy (non-hydrogen) atoms. The Hall–Kier alpha value is -1.64. The Kier molecular flexibility index (Phi) is 4.13. The van der Waals surface area contributed by atoms with Crippen LogP contribution in [0.1, 0.15) is 32.4 Å². The molecule has 2 nitrogen and oxygen atoms in total. The van der Waals surface area contributed by atoms with Gasteiger partial charge < -0.3 is 5.32 Å². The molecule has 0 saturated heterocycles. The average molecular weight is 246 g/mol. The highest BCUT2D eigenvalue weighted by atomic mass is 19.1. The lowest BCUT2D eigenvalue weighted by molar-refractivity contribution is 0.629. The van der Waals surface area contributed by atoms with E-state index in [1.54, 1.807) is 6.07 Å². The SMILES string of the molecule is CCCNc1cc(CCC)nc2cc(F)ccc12. The third-order valence-electron chi connectivity index (χ3n) is 2.90. The molecule has 1 N–H and O–H groups in total. The summed E-state index contributed by atoms with van der Waals surface area (Å²) in [7, 11) is 0. The van der Waals surface area contributed by atoms with E-state index >= 15 is 0 Å². The predicted molar refractivity (Wildman–Crippen MR) is 74.5 cm³/mol. The Morgan fingerprint density at radius 2 is 2.00 bits per heavy atom. The lowest BCUT2D eigenvalue weighted by atomic mass is 10.1. The molecule has 0 amide bonds. The summed E-state index contributed by atoms with van der Waals surface area (Å²) in [6.45, 7) is 5.17. The number of aryl methyl sites for hydroxylation is 1. The van der Waals surface area contributed by atoms with Crippen molar-refractivity contribution in [3.05, 3.63) is 35.8 Å². The zero-order chi connectivity index (χ0) is 13.0. The maximum atomic E-state index is 13.3. The summed E-state index contributed by atoms with van der Waals surface area (Å²) in [5.41, 5.74) is 2.82. The Balaban J connectivity index is 2.49. The van der Waals surface area contributed by atoms with E-state index in [4.69, 9.17) is 0 Å². The summed E-state index contributed by atoms with van der Waals surface area (Å²) in [4.78, 5) is 4.51. The number of aromatic nitrogens is 1. The van der Waals surface area contributed by atoms with Crippen molar-refractivity contribution >= 4 is 16.6 Å². The van der Waals surface area contributed by atoms with Crippen LogP contribution >= 0.6 is 0 Å². The maximum absolute atomic E-state index is 13.3. The topological polar surface area (TPSA) is 24.9 Å². The van der Waals surface area contributed by atoms with Gasteiger partial charge in [-0.1, -0.05) is 20.3 Å². The zero-order valence-electron chi connectivity index (χ0n) is 11.0. The highest BCUT2D eigenvalue weighted by Crippen LogP contribution is 2.24. The van der Waals surface area contributed by atoms with Gasteiger partial charge in [0.2, 0.25) is 0 Å². The van der Waals surface area contributed by atoms with Crippen LogP contribution in [0.5, 0.6) is 0 Å². The van der Waals surface area contributed by atoms with Gasteiger partial charge in [0.05, 0.1) is 5.52 Å². The second kappa shape index (κ2) is 5.80. The van der Waals surface area contributed by atoms with Gasteiger partial charge in [-0.05, 0) is 31.0 Å². The molecule has 2 rings (SSSR count). The van der Waals surface area contributed by atoms with Crippen molar-refractivity contribution in [1.29, 1.82) is 0 Å². The molecule has 0 saturated carbocycles. The number of nitrogens with zero attached hydrogens (tertiary/aromatic N) is 1. The van der Waals surface area contributed by atoms with Crippen molar-refractivity contribution in [3.8, 4) is 0 Å². The van der Waals surface area contributed by atoms with E-state index < -0.39 is 0 Å². The van der Waals surface area contributed by atoms with Crippen molar-refractivity contribution in [3.63, 3.8) is 0 Å². The number of pyridine rings is 1. The third-order valence-corrected chi connectivity index (χ3v) is 2.90. The normalized spacial score (nSPS) is 10.8. The molecule has 1 aromatic heterocycles. The van der Waals surface area contributed by atoms with Crippen LogP contribution in [0.15, 0.2) is 24.3 Å². The minimum Gasteiger partial charge on any atom is -0.384 e. The van der Waals surface area contributed by atoms with E-state index in [2.05, 4.69) is 30.2 Å². The monoisotopic (exact) mass is 246 g/mol. The second-order valence-electron chi connectivity index (χ2n) is 4.50. The fourth-order valence-electron chi connectivity index (χ4n) is 2.05. The summed E-state index contributed by atoms with van der Waals surface area (Å²) >= 11 is 0. The van der Waals surface area contributed by atoms with Crippen molar-refractivity contribution in [2.45, 2.75) is 33.1 Å². The van der Waals surface area contributed by atoms with E-state index in [9.17, 15) is 4.39 Å². The largest absolute Gasteiger partial charge is 0.384 e. The van der Waals surface area contributed by atoms with E-state index in [1.165, 1.54) is 12.1 Å². The molecule has 3 heteroatoms. The summed E-state index contributed by atoms with van der Waals surface area (Å²) in [6, 6.07) is 6.87. The molecule has 0 bridgehead atoms. The molecule has 96 valence electrons. The fourth-order valence-corrected chi connectivity index (χ4v) is 2.05. The number of halogens is 1. The Bertz CT molecular complexity index is 537. The second-order valence-corrected chi connectivity index (χ2v) is 4.50. The third kappa shape index (κ3) is 2.78. The van der Waals surface area contributed by atoms with E-state index in [0.717, 1.165) is 48.1 Å². The van der Waals surface area contributed by atoms with Gasteiger partial charge >= 0.3 is 0 Å². The molecule has 0 spiro atoms. The molecule has 0 atom stereocenters. The van der Waals surface area contributed by atoms with Crippen LogP contribution in [-0.2, 0) is 6.42 Å². The van der Waals surface area contributed by atoms with E-state index in [0.29, 0.717) is 0 Å². The molecule has 2 aromatic rings. The molecule has 0 unspecified atom stereocenters. The quantitative estimate of drug-likeness (QED) is 0.857. The summed E-state index contributed by atoms with van der Waals surface area (Å²) in [5, 5.41) is 4.38. The highest BCUT2D eigenvalue weighted by molar-refractivity contribution is 5.91. The first-order valence-electron chi connectivity index (χ1n) is 6.57. The van der Waals surface area contributed by atoms with Crippen LogP contribution in [0, 0.1) is 5.82 Å². The van der Waals surface area contributed by atoms with Gasteiger partial charge in [0, 0.05) is 29.4 Å². The number of nitrogens with one attached hydrogen (secondary N) is 1. The van der Waals surface area contributed by atoms with Gasteiger partial charge in [0.1, 0.15) is 5.82 Å². The predicted octanol–water partition coefficient (Wildman–Crippen LogP) is 4.15. The van der Waals surface area contributed by atoms with Crippen LogP contribution < -0.4 is 5.32 Å². The number of hydrogen-bond acceptors (Lipinski definition) is 2. The van der Waals surface area contributed by atoms with Crippen LogP contribution in [-0.4, -0.2) is 11.5 Å². The summed E-state index contributed by atoms with van der Waals surface area (Å²) in [5.74, 6) is -0.231. The van der Waals surface area contributed by atoms with Crippen LogP contribution in [0.2, 0.25) is 0 Å². The molecule has 0 fully saturated rings. The summed E-state index contributed by atoms with van der Waals surface area (Å²) in [6.07, 6.45) is 3.03. The fraction of sp³-hybridized carbons (Fsp3) is 0.400. The van der Waals surface area contributed by atoms with Gasteiger partial charge in [0.15, 0.2) is 0 Å². The lowest BCUT2D eigenvalue weighted by Gasteiger charge is -2.11. The minimum atomic E-state index is -0.231. The van der Waals surface area contributed by atoms with Crippen LogP contribution in [0.3, 0.4) is 0 Å². The van der Waals surface area contributed by atoms with Crippen molar-refractivity contribution in [2.75, 3.05) is 11.9 Å². The lowest BCUT2D eigenvalue weighted by Crippen LogP contribution is -2.03.